The van der Waals surface area contributed by atoms with Crippen molar-refractivity contribution >= 4 is 17.5 Å². The quantitative estimate of drug-likeness (QED) is 0.814. The molecule has 0 saturated heterocycles. The first-order chi connectivity index (χ1) is 9.49. The molecule has 0 bridgehead atoms. The monoisotopic (exact) mass is 278 g/mol. The number of carbonyl (C=O) groups is 2. The number of Topliss-reactive ketones (excluding diaryl/α,β-unsaturated/α-hetero) is 1. The van der Waals surface area contributed by atoms with Crippen LogP contribution in [0.3, 0.4) is 0 Å². The lowest BCUT2D eigenvalue weighted by Gasteiger charge is -2.27. The van der Waals surface area contributed by atoms with Crippen molar-refractivity contribution in [3.8, 4) is 0 Å². The van der Waals surface area contributed by atoms with Gasteiger partial charge in [-0.2, -0.15) is 0 Å². The molecule has 1 atom stereocenters. The van der Waals surface area contributed by atoms with E-state index in [4.69, 9.17) is 4.74 Å². The van der Waals surface area contributed by atoms with Gasteiger partial charge in [0.15, 0.2) is 5.78 Å². The maximum Gasteiger partial charge on any atom is 0.322 e. The fraction of sp³-hybridized carbons (Fsp3) is 0.467. The number of nitrogens with one attached hydrogen (secondary N) is 1. The molecule has 5 nitrogen and oxygen atoms in total. The highest BCUT2D eigenvalue weighted by atomic mass is 16.5. The number of rotatable bonds is 6. The molecular formula is C15H22N2O3. The molecule has 0 aliphatic carbocycles. The molecule has 20 heavy (non-hydrogen) atoms. The van der Waals surface area contributed by atoms with Crippen molar-refractivity contribution < 1.29 is 14.3 Å². The SMILES string of the molecule is CCN(C(=O)Nc1cccc(C(C)=O)c1)C(C)COC. The Labute approximate surface area is 119 Å². The van der Waals surface area contributed by atoms with Crippen molar-refractivity contribution in [2.45, 2.75) is 26.8 Å². The highest BCUT2D eigenvalue weighted by Crippen LogP contribution is 2.13. The van der Waals surface area contributed by atoms with Crippen molar-refractivity contribution in [3.63, 3.8) is 0 Å². The third-order valence-corrected chi connectivity index (χ3v) is 3.06. The first-order valence-electron chi connectivity index (χ1n) is 6.67. The molecule has 0 fully saturated rings. The second-order valence-corrected chi connectivity index (χ2v) is 4.66. The average molecular weight is 278 g/mol. The summed E-state index contributed by atoms with van der Waals surface area (Å²) in [6.45, 7) is 6.41. The summed E-state index contributed by atoms with van der Waals surface area (Å²) >= 11 is 0. The van der Waals surface area contributed by atoms with Crippen LogP contribution < -0.4 is 5.32 Å². The van der Waals surface area contributed by atoms with E-state index in [-0.39, 0.29) is 17.9 Å². The van der Waals surface area contributed by atoms with Crippen LogP contribution in [0.1, 0.15) is 31.1 Å². The van der Waals surface area contributed by atoms with E-state index < -0.39 is 0 Å². The number of anilines is 1. The zero-order chi connectivity index (χ0) is 15.1. The Balaban J connectivity index is 2.78. The Hall–Kier alpha value is -1.88. The largest absolute Gasteiger partial charge is 0.383 e. The van der Waals surface area contributed by atoms with Gasteiger partial charge in [-0.15, -0.1) is 0 Å². The van der Waals surface area contributed by atoms with Gasteiger partial charge < -0.3 is 15.0 Å². The van der Waals surface area contributed by atoms with Crippen molar-refractivity contribution in [2.75, 3.05) is 25.6 Å². The van der Waals surface area contributed by atoms with E-state index in [0.29, 0.717) is 24.4 Å². The van der Waals surface area contributed by atoms with Gasteiger partial charge in [0.2, 0.25) is 0 Å². The van der Waals surface area contributed by atoms with Crippen LogP contribution in [0.4, 0.5) is 10.5 Å². The van der Waals surface area contributed by atoms with E-state index >= 15 is 0 Å². The molecule has 0 aliphatic heterocycles. The minimum absolute atomic E-state index is 0.0130. The third kappa shape index (κ3) is 4.35. The van der Waals surface area contributed by atoms with Crippen LogP contribution in [-0.2, 0) is 4.74 Å². The van der Waals surface area contributed by atoms with Crippen LogP contribution >= 0.6 is 0 Å². The maximum absolute atomic E-state index is 12.2. The molecule has 0 aliphatic rings. The topological polar surface area (TPSA) is 58.6 Å². The lowest BCUT2D eigenvalue weighted by Crippen LogP contribution is -2.43. The Kier molecular flexibility index (Phi) is 6.18. The Morgan fingerprint density at radius 1 is 1.40 bits per heavy atom. The van der Waals surface area contributed by atoms with Gasteiger partial charge in [-0.05, 0) is 32.9 Å². The Bertz CT molecular complexity index is 474. The summed E-state index contributed by atoms with van der Waals surface area (Å²) in [6, 6.07) is 6.71. The number of hydrogen-bond donors (Lipinski definition) is 1. The van der Waals surface area contributed by atoms with Crippen LogP contribution in [0.2, 0.25) is 0 Å². The molecule has 1 rings (SSSR count). The number of methoxy groups -OCH3 is 1. The summed E-state index contributed by atoms with van der Waals surface area (Å²) in [5, 5.41) is 2.81. The highest BCUT2D eigenvalue weighted by Gasteiger charge is 2.18. The molecule has 1 aromatic rings. The molecule has 0 aromatic heterocycles. The predicted octanol–water partition coefficient (Wildman–Crippen LogP) is 2.78. The number of ketones is 1. The first kappa shape index (κ1) is 16.2. The zero-order valence-electron chi connectivity index (χ0n) is 12.5. The van der Waals surface area contributed by atoms with Crippen LogP contribution in [0.15, 0.2) is 24.3 Å². The fourth-order valence-corrected chi connectivity index (χ4v) is 2.00. The normalized spacial score (nSPS) is 11.8. The summed E-state index contributed by atoms with van der Waals surface area (Å²) in [5.74, 6) is -0.0267. The summed E-state index contributed by atoms with van der Waals surface area (Å²) < 4.78 is 5.07. The molecule has 0 saturated carbocycles. The van der Waals surface area contributed by atoms with Crippen LogP contribution in [0.5, 0.6) is 0 Å². The van der Waals surface area contributed by atoms with Crippen molar-refractivity contribution in [3.05, 3.63) is 29.8 Å². The van der Waals surface area contributed by atoms with Gasteiger partial charge in [-0.25, -0.2) is 4.79 Å². The van der Waals surface area contributed by atoms with Crippen molar-refractivity contribution in [2.24, 2.45) is 0 Å². The van der Waals surface area contributed by atoms with E-state index in [1.165, 1.54) is 6.92 Å². The summed E-state index contributed by atoms with van der Waals surface area (Å²) in [7, 11) is 1.61. The minimum Gasteiger partial charge on any atom is -0.383 e. The average Bonchev–Trinajstić information content (AvgIpc) is 2.40. The molecule has 5 heteroatoms. The lowest BCUT2D eigenvalue weighted by atomic mass is 10.1. The third-order valence-electron chi connectivity index (χ3n) is 3.06. The van der Waals surface area contributed by atoms with E-state index in [2.05, 4.69) is 5.32 Å². The van der Waals surface area contributed by atoms with Gasteiger partial charge in [-0.1, -0.05) is 12.1 Å². The number of carbonyl (C=O) groups excluding carboxylic acids is 2. The number of likely N-dealkylation sites (N-methyl/N-ethyl adjacent to an activating group) is 1. The van der Waals surface area contributed by atoms with E-state index in [0.717, 1.165) is 0 Å². The van der Waals surface area contributed by atoms with Gasteiger partial charge >= 0.3 is 6.03 Å². The van der Waals surface area contributed by atoms with Gasteiger partial charge in [0.1, 0.15) is 0 Å². The predicted molar refractivity (Wildman–Crippen MR) is 79.2 cm³/mol. The molecule has 1 unspecified atom stereocenters. The van der Waals surface area contributed by atoms with Gasteiger partial charge in [0, 0.05) is 24.9 Å². The number of benzene rings is 1. The number of hydrogen-bond acceptors (Lipinski definition) is 3. The number of nitrogens with zero attached hydrogens (tertiary/aromatic N) is 1. The van der Waals surface area contributed by atoms with Gasteiger partial charge in [0.25, 0.3) is 0 Å². The standard InChI is InChI=1S/C15H22N2O3/c1-5-17(11(2)10-20-4)15(19)16-14-8-6-7-13(9-14)12(3)18/h6-9,11H,5,10H2,1-4H3,(H,16,19). The minimum atomic E-state index is -0.197. The smallest absolute Gasteiger partial charge is 0.322 e. The summed E-state index contributed by atoms with van der Waals surface area (Å²) in [5.41, 5.74) is 1.20. The maximum atomic E-state index is 12.2. The second-order valence-electron chi connectivity index (χ2n) is 4.66. The molecule has 1 N–H and O–H groups in total. The summed E-state index contributed by atoms with van der Waals surface area (Å²) in [4.78, 5) is 25.2. The molecule has 2 amide bonds. The summed E-state index contributed by atoms with van der Waals surface area (Å²) in [6.07, 6.45) is 0. The molecule has 0 spiro atoms. The first-order valence-corrected chi connectivity index (χ1v) is 6.67. The van der Waals surface area contributed by atoms with Gasteiger partial charge in [-0.3, -0.25) is 4.79 Å². The molecule has 0 radical (unpaired) electrons. The molecule has 1 aromatic carbocycles. The van der Waals surface area contributed by atoms with Crippen LogP contribution in [-0.4, -0.2) is 43.0 Å². The number of urea groups is 1. The fourth-order valence-electron chi connectivity index (χ4n) is 2.00. The van der Waals surface area contributed by atoms with E-state index in [1.54, 1.807) is 36.3 Å². The van der Waals surface area contributed by atoms with E-state index in [9.17, 15) is 9.59 Å². The van der Waals surface area contributed by atoms with Gasteiger partial charge in [0.05, 0.1) is 12.6 Å². The number of amides is 2. The molecule has 110 valence electrons. The second kappa shape index (κ2) is 7.65. The zero-order valence-corrected chi connectivity index (χ0v) is 12.5. The Morgan fingerprint density at radius 2 is 2.10 bits per heavy atom. The van der Waals surface area contributed by atoms with Crippen molar-refractivity contribution in [1.82, 2.24) is 4.90 Å². The molecule has 0 heterocycles. The lowest BCUT2D eigenvalue weighted by molar-refractivity contribution is 0.101. The van der Waals surface area contributed by atoms with E-state index in [1.807, 2.05) is 13.8 Å². The highest BCUT2D eigenvalue weighted by molar-refractivity contribution is 5.96. The van der Waals surface area contributed by atoms with Crippen LogP contribution in [0, 0.1) is 0 Å². The van der Waals surface area contributed by atoms with Crippen molar-refractivity contribution in [1.29, 1.82) is 0 Å². The van der Waals surface area contributed by atoms with Crippen LogP contribution in [0.25, 0.3) is 0 Å². The number of ether oxygens (including phenoxy) is 1. The molecular weight excluding hydrogens is 256 g/mol. The Morgan fingerprint density at radius 3 is 2.65 bits per heavy atom.